The fourth-order valence-corrected chi connectivity index (χ4v) is 7.13. The van der Waals surface area contributed by atoms with Crippen LogP contribution in [0.4, 0.5) is 0 Å². The van der Waals surface area contributed by atoms with Crippen molar-refractivity contribution in [3.63, 3.8) is 0 Å². The molecule has 2 aromatic heterocycles. The molecule has 2 atom stereocenters. The van der Waals surface area contributed by atoms with Crippen molar-refractivity contribution in [2.75, 3.05) is 7.11 Å². The molecule has 1 aliphatic rings. The Balaban J connectivity index is 1.29. The summed E-state index contributed by atoms with van der Waals surface area (Å²) in [6.45, 7) is 6.11. The van der Waals surface area contributed by atoms with Crippen molar-refractivity contribution in [2.24, 2.45) is 13.0 Å². The number of amides is 3. The highest BCUT2D eigenvalue weighted by atomic mass is 16.5. The van der Waals surface area contributed by atoms with E-state index in [1.165, 1.54) is 0 Å². The van der Waals surface area contributed by atoms with Crippen LogP contribution in [0.5, 0.6) is 5.75 Å². The van der Waals surface area contributed by atoms with Gasteiger partial charge in [-0.2, -0.15) is 0 Å². The number of methoxy groups -OCH3 is 1. The predicted octanol–water partition coefficient (Wildman–Crippen LogP) is 7.06. The van der Waals surface area contributed by atoms with E-state index in [1.54, 1.807) is 24.1 Å². The van der Waals surface area contributed by atoms with E-state index in [0.717, 1.165) is 49.8 Å². The molecule has 6 aromatic rings. The quantitative estimate of drug-likeness (QED) is 0.153. The summed E-state index contributed by atoms with van der Waals surface area (Å²) in [7, 11) is 3.63. The number of benzene rings is 4. The van der Waals surface area contributed by atoms with Gasteiger partial charge >= 0.3 is 0 Å². The summed E-state index contributed by atoms with van der Waals surface area (Å²) in [5.74, 6) is -0.458. The van der Waals surface area contributed by atoms with Crippen molar-refractivity contribution in [1.82, 2.24) is 25.3 Å². The van der Waals surface area contributed by atoms with Crippen LogP contribution in [0.15, 0.2) is 97.1 Å². The van der Waals surface area contributed by atoms with Crippen LogP contribution in [0, 0.1) is 12.8 Å². The van der Waals surface area contributed by atoms with Gasteiger partial charge in [-0.15, -0.1) is 0 Å². The third-order valence-electron chi connectivity index (χ3n) is 9.45. The SMILES string of the molecule is COc1ccc2[nH]c(C(=O)NNC(=O)C(CC(C)C)N3C(=O)c4ccccc4C3c3c(-c4ccc(C)cc4)n(C)c4ccccc34)cc2c1. The number of aryl methyl sites for hydroxylation is 2. The Hall–Kier alpha value is -5.83. The van der Waals surface area contributed by atoms with Gasteiger partial charge in [-0.25, -0.2) is 0 Å². The summed E-state index contributed by atoms with van der Waals surface area (Å²) in [6.07, 6.45) is 0.384. The van der Waals surface area contributed by atoms with Crippen LogP contribution in [0.1, 0.15) is 63.8 Å². The highest BCUT2D eigenvalue weighted by Crippen LogP contribution is 2.47. The van der Waals surface area contributed by atoms with Gasteiger partial charge in [0, 0.05) is 40.0 Å². The van der Waals surface area contributed by atoms with Gasteiger partial charge in [0.1, 0.15) is 17.5 Å². The number of hydrogen-bond acceptors (Lipinski definition) is 4. The van der Waals surface area contributed by atoms with Gasteiger partial charge in [0.2, 0.25) is 0 Å². The number of para-hydroxylation sites is 1. The number of nitrogens with zero attached hydrogens (tertiary/aromatic N) is 2. The number of H-pyrrole nitrogens is 1. The number of aromatic nitrogens is 2. The number of ether oxygens (including phenoxy) is 1. The lowest BCUT2D eigenvalue weighted by atomic mass is 9.91. The monoisotopic (exact) mass is 653 g/mol. The predicted molar refractivity (Wildman–Crippen MR) is 191 cm³/mol. The van der Waals surface area contributed by atoms with Gasteiger partial charge in [-0.3, -0.25) is 25.2 Å². The highest BCUT2D eigenvalue weighted by molar-refractivity contribution is 6.05. The molecule has 2 unspecified atom stereocenters. The summed E-state index contributed by atoms with van der Waals surface area (Å²) in [4.78, 5) is 46.8. The first-order valence-corrected chi connectivity index (χ1v) is 16.5. The standard InChI is InChI=1S/C40H39N5O4/c1-23(2)20-34(39(47)43-42-38(46)32-22-26-21-27(49-5)18-19-31(26)41-32)45-37(28-10-6-7-11-29(28)40(45)48)35-30-12-8-9-13-33(30)44(4)36(35)25-16-14-24(3)15-17-25/h6-19,21-23,34,37,41H,20H2,1-5H3,(H,42,46)(H,43,47). The molecule has 248 valence electrons. The Morgan fingerprint density at radius 3 is 2.41 bits per heavy atom. The van der Waals surface area contributed by atoms with Crippen LogP contribution in [0.2, 0.25) is 0 Å². The zero-order valence-corrected chi connectivity index (χ0v) is 28.2. The molecule has 0 bridgehead atoms. The number of fused-ring (bicyclic) bond motifs is 3. The maximum atomic E-state index is 14.5. The average Bonchev–Trinajstić information content (AvgIpc) is 3.76. The Morgan fingerprint density at radius 1 is 0.918 bits per heavy atom. The molecule has 3 N–H and O–H groups in total. The molecule has 0 radical (unpaired) electrons. The molecule has 3 heterocycles. The Morgan fingerprint density at radius 2 is 1.65 bits per heavy atom. The van der Waals surface area contributed by atoms with Crippen LogP contribution in [-0.4, -0.2) is 45.3 Å². The van der Waals surface area contributed by atoms with Crippen molar-refractivity contribution in [2.45, 2.75) is 39.3 Å². The van der Waals surface area contributed by atoms with Crippen molar-refractivity contribution >= 4 is 39.5 Å². The molecule has 0 fully saturated rings. The largest absolute Gasteiger partial charge is 0.497 e. The lowest BCUT2D eigenvalue weighted by molar-refractivity contribution is -0.127. The molecule has 7 rings (SSSR count). The van der Waals surface area contributed by atoms with Crippen LogP contribution in [-0.2, 0) is 11.8 Å². The Bertz CT molecular complexity index is 2230. The number of carbonyl (C=O) groups is 3. The molecule has 9 nitrogen and oxygen atoms in total. The fraction of sp³-hybridized carbons (Fsp3) is 0.225. The Labute approximate surface area is 284 Å². The van der Waals surface area contributed by atoms with Gasteiger partial charge in [0.15, 0.2) is 0 Å². The summed E-state index contributed by atoms with van der Waals surface area (Å²) in [5, 5.41) is 1.81. The van der Waals surface area contributed by atoms with E-state index in [9.17, 15) is 14.4 Å². The van der Waals surface area contributed by atoms with E-state index in [2.05, 4.69) is 63.7 Å². The molecule has 0 saturated carbocycles. The van der Waals surface area contributed by atoms with Crippen LogP contribution in [0.25, 0.3) is 33.1 Å². The average molecular weight is 654 g/mol. The molecule has 4 aromatic carbocycles. The smallest absolute Gasteiger partial charge is 0.286 e. The molecular weight excluding hydrogens is 614 g/mol. The first-order valence-electron chi connectivity index (χ1n) is 16.5. The zero-order chi connectivity index (χ0) is 34.4. The Kier molecular flexibility index (Phi) is 8.20. The molecule has 0 spiro atoms. The second-order valence-corrected chi connectivity index (χ2v) is 13.1. The van der Waals surface area contributed by atoms with E-state index < -0.39 is 23.9 Å². The molecule has 3 amide bonds. The van der Waals surface area contributed by atoms with Gasteiger partial charge in [0.25, 0.3) is 17.7 Å². The third-order valence-corrected chi connectivity index (χ3v) is 9.45. The van der Waals surface area contributed by atoms with Gasteiger partial charge in [0.05, 0.1) is 18.8 Å². The van der Waals surface area contributed by atoms with E-state index >= 15 is 0 Å². The van der Waals surface area contributed by atoms with Gasteiger partial charge in [-0.1, -0.05) is 80.1 Å². The number of carbonyl (C=O) groups excluding carboxylic acids is 3. The molecule has 49 heavy (non-hydrogen) atoms. The molecule has 0 aliphatic carbocycles. The topological polar surface area (TPSA) is 108 Å². The summed E-state index contributed by atoms with van der Waals surface area (Å²) >= 11 is 0. The maximum Gasteiger partial charge on any atom is 0.286 e. The summed E-state index contributed by atoms with van der Waals surface area (Å²) < 4.78 is 7.48. The van der Waals surface area contributed by atoms with Crippen molar-refractivity contribution in [3.05, 3.63) is 125 Å². The molecular formula is C40H39N5O4. The fourth-order valence-electron chi connectivity index (χ4n) is 7.13. The lowest BCUT2D eigenvalue weighted by Crippen LogP contribution is -2.54. The van der Waals surface area contributed by atoms with Gasteiger partial charge in [-0.05, 0) is 66.8 Å². The second kappa shape index (κ2) is 12.6. The number of nitrogens with one attached hydrogen (secondary N) is 3. The maximum absolute atomic E-state index is 14.5. The number of rotatable bonds is 8. The minimum atomic E-state index is -0.887. The van der Waals surface area contributed by atoms with Crippen molar-refractivity contribution in [3.8, 4) is 17.0 Å². The van der Waals surface area contributed by atoms with Crippen molar-refractivity contribution < 1.29 is 19.1 Å². The summed E-state index contributed by atoms with van der Waals surface area (Å²) in [5.41, 5.74) is 12.8. The number of hydrogen-bond donors (Lipinski definition) is 3. The second-order valence-electron chi connectivity index (χ2n) is 13.1. The van der Waals surface area contributed by atoms with Crippen LogP contribution < -0.4 is 15.6 Å². The minimum absolute atomic E-state index is 0.0661. The van der Waals surface area contributed by atoms with Crippen LogP contribution >= 0.6 is 0 Å². The molecule has 9 heteroatoms. The highest BCUT2D eigenvalue weighted by Gasteiger charge is 2.46. The lowest BCUT2D eigenvalue weighted by Gasteiger charge is -2.34. The van der Waals surface area contributed by atoms with Crippen LogP contribution in [0.3, 0.4) is 0 Å². The minimum Gasteiger partial charge on any atom is -0.497 e. The van der Waals surface area contributed by atoms with Gasteiger partial charge < -0.3 is 19.2 Å². The summed E-state index contributed by atoms with van der Waals surface area (Å²) in [6, 6.07) is 29.9. The first-order chi connectivity index (χ1) is 23.7. The zero-order valence-electron chi connectivity index (χ0n) is 28.2. The van der Waals surface area contributed by atoms with E-state index in [1.807, 2.05) is 69.4 Å². The van der Waals surface area contributed by atoms with E-state index in [-0.39, 0.29) is 17.5 Å². The van der Waals surface area contributed by atoms with E-state index in [0.29, 0.717) is 17.7 Å². The molecule has 0 saturated heterocycles. The third kappa shape index (κ3) is 5.61. The first kappa shape index (κ1) is 31.8. The molecule has 1 aliphatic heterocycles. The number of aromatic amines is 1. The normalized spacial score (nSPS) is 14.8. The van der Waals surface area contributed by atoms with Crippen molar-refractivity contribution in [1.29, 1.82) is 0 Å². The van der Waals surface area contributed by atoms with E-state index in [4.69, 9.17) is 4.74 Å². The number of hydrazine groups is 1.